The maximum atomic E-state index is 11.4. The van der Waals surface area contributed by atoms with Gasteiger partial charge in [0.1, 0.15) is 0 Å². The van der Waals surface area contributed by atoms with Crippen LogP contribution in [0.1, 0.15) is 13.3 Å². The SMILES string of the molecule is CCCS(=O)(=O)Nc1cccc(N)c1. The molecular weight excluding hydrogens is 200 g/mol. The van der Waals surface area contributed by atoms with Gasteiger partial charge >= 0.3 is 0 Å². The van der Waals surface area contributed by atoms with E-state index in [1.165, 1.54) is 0 Å². The molecule has 0 spiro atoms. The van der Waals surface area contributed by atoms with E-state index < -0.39 is 10.0 Å². The molecule has 0 aromatic heterocycles. The Kier molecular flexibility index (Phi) is 3.35. The number of anilines is 2. The van der Waals surface area contributed by atoms with Crippen LogP contribution in [-0.4, -0.2) is 14.2 Å². The van der Waals surface area contributed by atoms with Crippen molar-refractivity contribution in [3.8, 4) is 0 Å². The van der Waals surface area contributed by atoms with Crippen LogP contribution in [0.4, 0.5) is 11.4 Å². The Bertz CT molecular complexity index is 401. The van der Waals surface area contributed by atoms with Gasteiger partial charge < -0.3 is 5.73 Å². The fraction of sp³-hybridized carbons (Fsp3) is 0.333. The number of benzene rings is 1. The molecule has 5 heteroatoms. The molecule has 0 saturated carbocycles. The maximum absolute atomic E-state index is 11.4. The fourth-order valence-electron chi connectivity index (χ4n) is 1.10. The third-order valence-corrected chi connectivity index (χ3v) is 3.13. The molecule has 0 aliphatic heterocycles. The van der Waals surface area contributed by atoms with Crippen molar-refractivity contribution >= 4 is 21.4 Å². The molecular formula is C9H14N2O2S. The smallest absolute Gasteiger partial charge is 0.232 e. The summed E-state index contributed by atoms with van der Waals surface area (Å²) in [5.41, 5.74) is 6.57. The second kappa shape index (κ2) is 4.32. The average Bonchev–Trinajstić information content (AvgIpc) is 2.02. The molecule has 0 saturated heterocycles. The molecule has 0 amide bonds. The van der Waals surface area contributed by atoms with Crippen LogP contribution in [0, 0.1) is 0 Å². The molecule has 0 atom stereocenters. The number of nitrogen functional groups attached to an aromatic ring is 1. The van der Waals surface area contributed by atoms with Crippen molar-refractivity contribution in [2.75, 3.05) is 16.2 Å². The van der Waals surface area contributed by atoms with Gasteiger partial charge in [-0.1, -0.05) is 13.0 Å². The van der Waals surface area contributed by atoms with E-state index >= 15 is 0 Å². The minimum Gasteiger partial charge on any atom is -0.399 e. The van der Waals surface area contributed by atoms with Crippen LogP contribution in [-0.2, 0) is 10.0 Å². The van der Waals surface area contributed by atoms with Crippen molar-refractivity contribution in [1.82, 2.24) is 0 Å². The second-order valence-electron chi connectivity index (χ2n) is 3.05. The van der Waals surface area contributed by atoms with Crippen molar-refractivity contribution in [2.24, 2.45) is 0 Å². The summed E-state index contributed by atoms with van der Waals surface area (Å²) in [6.45, 7) is 1.82. The topological polar surface area (TPSA) is 72.2 Å². The molecule has 1 aromatic carbocycles. The minimum atomic E-state index is -3.21. The Balaban J connectivity index is 2.79. The van der Waals surface area contributed by atoms with Crippen LogP contribution in [0.15, 0.2) is 24.3 Å². The van der Waals surface area contributed by atoms with Gasteiger partial charge in [-0.05, 0) is 24.6 Å². The van der Waals surface area contributed by atoms with Gasteiger partial charge in [0, 0.05) is 5.69 Å². The Morgan fingerprint density at radius 2 is 2.14 bits per heavy atom. The first-order valence-corrected chi connectivity index (χ1v) is 6.05. The zero-order valence-electron chi connectivity index (χ0n) is 8.03. The molecule has 0 unspecified atom stereocenters. The second-order valence-corrected chi connectivity index (χ2v) is 4.89. The van der Waals surface area contributed by atoms with Crippen LogP contribution in [0.3, 0.4) is 0 Å². The molecule has 4 nitrogen and oxygen atoms in total. The van der Waals surface area contributed by atoms with Crippen molar-refractivity contribution < 1.29 is 8.42 Å². The standard InChI is InChI=1S/C9H14N2O2S/c1-2-6-14(12,13)11-9-5-3-4-8(10)7-9/h3-5,7,11H,2,6,10H2,1H3. The summed E-state index contributed by atoms with van der Waals surface area (Å²) in [5.74, 6) is 0.127. The first-order valence-electron chi connectivity index (χ1n) is 4.39. The lowest BCUT2D eigenvalue weighted by Crippen LogP contribution is -2.16. The van der Waals surface area contributed by atoms with Gasteiger partial charge in [-0.15, -0.1) is 0 Å². The first-order chi connectivity index (χ1) is 6.53. The van der Waals surface area contributed by atoms with Crippen molar-refractivity contribution in [2.45, 2.75) is 13.3 Å². The van der Waals surface area contributed by atoms with E-state index in [4.69, 9.17) is 5.73 Å². The Labute approximate surface area is 84.2 Å². The summed E-state index contributed by atoms with van der Waals surface area (Å²) in [6.07, 6.45) is 0.595. The lowest BCUT2D eigenvalue weighted by Gasteiger charge is -2.06. The highest BCUT2D eigenvalue weighted by atomic mass is 32.2. The highest BCUT2D eigenvalue weighted by Crippen LogP contribution is 2.13. The van der Waals surface area contributed by atoms with Gasteiger partial charge in [0.05, 0.1) is 11.4 Å². The quantitative estimate of drug-likeness (QED) is 0.744. The van der Waals surface area contributed by atoms with Crippen LogP contribution < -0.4 is 10.5 Å². The van der Waals surface area contributed by atoms with E-state index in [1.807, 2.05) is 6.92 Å². The summed E-state index contributed by atoms with van der Waals surface area (Å²) >= 11 is 0. The molecule has 0 bridgehead atoms. The Morgan fingerprint density at radius 1 is 1.43 bits per heavy atom. The van der Waals surface area contributed by atoms with Crippen molar-refractivity contribution in [3.63, 3.8) is 0 Å². The molecule has 0 radical (unpaired) electrons. The first kappa shape index (κ1) is 10.8. The highest BCUT2D eigenvalue weighted by Gasteiger charge is 2.07. The summed E-state index contributed by atoms with van der Waals surface area (Å²) in [4.78, 5) is 0. The number of nitrogens with two attached hydrogens (primary N) is 1. The predicted molar refractivity (Wildman–Crippen MR) is 58.6 cm³/mol. The molecule has 0 fully saturated rings. The lowest BCUT2D eigenvalue weighted by atomic mass is 10.3. The summed E-state index contributed by atoms with van der Waals surface area (Å²) in [7, 11) is -3.21. The maximum Gasteiger partial charge on any atom is 0.232 e. The number of sulfonamides is 1. The molecule has 0 aliphatic rings. The number of nitrogens with one attached hydrogen (secondary N) is 1. The van der Waals surface area contributed by atoms with Crippen molar-refractivity contribution in [1.29, 1.82) is 0 Å². The highest BCUT2D eigenvalue weighted by molar-refractivity contribution is 7.92. The fourth-order valence-corrected chi connectivity index (χ4v) is 2.23. The zero-order chi connectivity index (χ0) is 10.6. The molecule has 1 rings (SSSR count). The largest absolute Gasteiger partial charge is 0.399 e. The lowest BCUT2D eigenvalue weighted by molar-refractivity contribution is 0.600. The monoisotopic (exact) mass is 214 g/mol. The van der Waals surface area contributed by atoms with Crippen LogP contribution in [0.2, 0.25) is 0 Å². The predicted octanol–water partition coefficient (Wildman–Crippen LogP) is 1.42. The molecule has 14 heavy (non-hydrogen) atoms. The molecule has 1 aromatic rings. The van der Waals surface area contributed by atoms with E-state index in [9.17, 15) is 8.42 Å². The van der Waals surface area contributed by atoms with E-state index in [2.05, 4.69) is 4.72 Å². The van der Waals surface area contributed by atoms with Gasteiger partial charge in [-0.2, -0.15) is 0 Å². The summed E-state index contributed by atoms with van der Waals surface area (Å²) < 4.78 is 25.2. The third-order valence-electron chi connectivity index (χ3n) is 1.63. The van der Waals surface area contributed by atoms with Gasteiger partial charge in [-0.25, -0.2) is 8.42 Å². The Morgan fingerprint density at radius 3 is 2.71 bits per heavy atom. The molecule has 3 N–H and O–H groups in total. The summed E-state index contributed by atoms with van der Waals surface area (Å²) in [5, 5.41) is 0. The van der Waals surface area contributed by atoms with Gasteiger partial charge in [0.25, 0.3) is 0 Å². The van der Waals surface area contributed by atoms with E-state index in [1.54, 1.807) is 24.3 Å². The van der Waals surface area contributed by atoms with Crippen LogP contribution in [0.5, 0.6) is 0 Å². The average molecular weight is 214 g/mol. The molecule has 78 valence electrons. The van der Waals surface area contributed by atoms with Crippen LogP contribution in [0.25, 0.3) is 0 Å². The van der Waals surface area contributed by atoms with Crippen molar-refractivity contribution in [3.05, 3.63) is 24.3 Å². The molecule has 0 aliphatic carbocycles. The van der Waals surface area contributed by atoms with E-state index in [-0.39, 0.29) is 5.75 Å². The summed E-state index contributed by atoms with van der Waals surface area (Å²) in [6, 6.07) is 6.67. The van der Waals surface area contributed by atoms with Gasteiger partial charge in [0.15, 0.2) is 0 Å². The third kappa shape index (κ3) is 3.26. The number of hydrogen-bond donors (Lipinski definition) is 2. The van der Waals surface area contributed by atoms with Crippen LogP contribution >= 0.6 is 0 Å². The van der Waals surface area contributed by atoms with Gasteiger partial charge in [0.2, 0.25) is 10.0 Å². The number of rotatable bonds is 4. The van der Waals surface area contributed by atoms with Gasteiger partial charge in [-0.3, -0.25) is 4.72 Å². The van der Waals surface area contributed by atoms with E-state index in [0.29, 0.717) is 17.8 Å². The normalized spacial score (nSPS) is 11.2. The number of hydrogen-bond acceptors (Lipinski definition) is 3. The van der Waals surface area contributed by atoms with E-state index in [0.717, 1.165) is 0 Å². The zero-order valence-corrected chi connectivity index (χ0v) is 8.84. The minimum absolute atomic E-state index is 0.127. The molecule has 0 heterocycles. The Hall–Kier alpha value is -1.23.